The lowest BCUT2D eigenvalue weighted by Gasteiger charge is -2.04. The summed E-state index contributed by atoms with van der Waals surface area (Å²) in [5.41, 5.74) is 0.715. The number of methoxy groups -OCH3 is 1. The fraction of sp³-hybridized carbons (Fsp3) is 0.222. The van der Waals surface area contributed by atoms with Gasteiger partial charge < -0.3 is 9.84 Å². The number of benzene rings is 1. The standard InChI is InChI=1S/C9H9BrO3/c1-13-8(12)5-6-3-2-4-7(11)9(6)10/h2-4,11H,5H2,1H3. The van der Waals surface area contributed by atoms with E-state index in [9.17, 15) is 9.90 Å². The Hall–Kier alpha value is -1.03. The molecule has 1 aromatic carbocycles. The van der Waals surface area contributed by atoms with Gasteiger partial charge in [0.1, 0.15) is 5.75 Å². The zero-order valence-corrected chi connectivity index (χ0v) is 8.67. The second-order valence-electron chi connectivity index (χ2n) is 2.50. The van der Waals surface area contributed by atoms with E-state index in [2.05, 4.69) is 20.7 Å². The summed E-state index contributed by atoms with van der Waals surface area (Å²) in [7, 11) is 1.33. The molecule has 0 atom stereocenters. The molecule has 0 aliphatic carbocycles. The molecule has 1 rings (SSSR count). The Bertz CT molecular complexity index is 323. The van der Waals surface area contributed by atoms with Gasteiger partial charge >= 0.3 is 5.97 Å². The third-order valence-corrected chi connectivity index (χ3v) is 2.54. The predicted molar refractivity (Wildman–Crippen MR) is 51.5 cm³/mol. The van der Waals surface area contributed by atoms with E-state index in [0.717, 1.165) is 0 Å². The molecular formula is C9H9BrO3. The van der Waals surface area contributed by atoms with Crippen molar-refractivity contribution in [2.75, 3.05) is 7.11 Å². The van der Waals surface area contributed by atoms with E-state index in [1.165, 1.54) is 7.11 Å². The number of halogens is 1. The maximum absolute atomic E-state index is 10.9. The van der Waals surface area contributed by atoms with Crippen LogP contribution in [-0.4, -0.2) is 18.2 Å². The second kappa shape index (κ2) is 4.28. The van der Waals surface area contributed by atoms with E-state index in [0.29, 0.717) is 10.0 Å². The van der Waals surface area contributed by atoms with Crippen molar-refractivity contribution in [2.45, 2.75) is 6.42 Å². The van der Waals surface area contributed by atoms with Gasteiger partial charge in [0.2, 0.25) is 0 Å². The average molecular weight is 245 g/mol. The van der Waals surface area contributed by atoms with Gasteiger partial charge in [0, 0.05) is 0 Å². The van der Waals surface area contributed by atoms with Crippen molar-refractivity contribution in [3.63, 3.8) is 0 Å². The largest absolute Gasteiger partial charge is 0.507 e. The average Bonchev–Trinajstić information content (AvgIpc) is 2.13. The second-order valence-corrected chi connectivity index (χ2v) is 3.30. The van der Waals surface area contributed by atoms with Crippen molar-refractivity contribution in [1.82, 2.24) is 0 Å². The third-order valence-electron chi connectivity index (χ3n) is 1.62. The van der Waals surface area contributed by atoms with Crippen molar-refractivity contribution in [3.8, 4) is 5.75 Å². The monoisotopic (exact) mass is 244 g/mol. The van der Waals surface area contributed by atoms with Gasteiger partial charge in [0.05, 0.1) is 18.0 Å². The molecule has 0 aliphatic heterocycles. The number of aromatic hydroxyl groups is 1. The van der Waals surface area contributed by atoms with Crippen LogP contribution < -0.4 is 0 Å². The van der Waals surface area contributed by atoms with Crippen molar-refractivity contribution in [2.24, 2.45) is 0 Å². The van der Waals surface area contributed by atoms with Crippen LogP contribution in [-0.2, 0) is 16.0 Å². The number of carbonyl (C=O) groups excluding carboxylic acids is 1. The number of rotatable bonds is 2. The van der Waals surface area contributed by atoms with Gasteiger partial charge in [-0.15, -0.1) is 0 Å². The lowest BCUT2D eigenvalue weighted by Crippen LogP contribution is -2.04. The first-order valence-electron chi connectivity index (χ1n) is 3.68. The summed E-state index contributed by atoms with van der Waals surface area (Å²) in [5.74, 6) is -0.201. The first-order chi connectivity index (χ1) is 6.15. The van der Waals surface area contributed by atoms with Crippen LogP contribution in [0.4, 0.5) is 0 Å². The molecule has 0 amide bonds. The molecule has 0 unspecified atom stereocenters. The summed E-state index contributed by atoms with van der Waals surface area (Å²) in [6, 6.07) is 4.98. The van der Waals surface area contributed by atoms with Crippen LogP contribution in [0.2, 0.25) is 0 Å². The topological polar surface area (TPSA) is 46.5 Å². The molecule has 0 fully saturated rings. The molecule has 1 N–H and O–H groups in total. The van der Waals surface area contributed by atoms with Crippen LogP contribution in [0, 0.1) is 0 Å². The number of hydrogen-bond donors (Lipinski definition) is 1. The molecule has 4 heteroatoms. The number of hydrogen-bond acceptors (Lipinski definition) is 3. The van der Waals surface area contributed by atoms with Crippen LogP contribution >= 0.6 is 15.9 Å². The van der Waals surface area contributed by atoms with E-state index in [4.69, 9.17) is 0 Å². The normalized spacial score (nSPS) is 9.69. The maximum Gasteiger partial charge on any atom is 0.310 e. The lowest BCUT2D eigenvalue weighted by molar-refractivity contribution is -0.139. The van der Waals surface area contributed by atoms with Crippen LogP contribution in [0.1, 0.15) is 5.56 Å². The summed E-state index contributed by atoms with van der Waals surface area (Å²) in [6.45, 7) is 0. The highest BCUT2D eigenvalue weighted by atomic mass is 79.9. The van der Waals surface area contributed by atoms with E-state index in [1.54, 1.807) is 18.2 Å². The molecular weight excluding hydrogens is 236 g/mol. The fourth-order valence-corrected chi connectivity index (χ4v) is 1.33. The van der Waals surface area contributed by atoms with E-state index in [-0.39, 0.29) is 18.1 Å². The lowest BCUT2D eigenvalue weighted by atomic mass is 10.1. The molecule has 0 spiro atoms. The van der Waals surface area contributed by atoms with Gasteiger partial charge in [0.25, 0.3) is 0 Å². The molecule has 0 radical (unpaired) electrons. The molecule has 13 heavy (non-hydrogen) atoms. The summed E-state index contributed by atoms with van der Waals surface area (Å²) >= 11 is 3.18. The molecule has 0 aromatic heterocycles. The minimum atomic E-state index is -0.327. The third kappa shape index (κ3) is 2.45. The molecule has 1 aromatic rings. The van der Waals surface area contributed by atoms with E-state index >= 15 is 0 Å². The van der Waals surface area contributed by atoms with Crippen molar-refractivity contribution < 1.29 is 14.6 Å². The highest BCUT2D eigenvalue weighted by Gasteiger charge is 2.08. The summed E-state index contributed by atoms with van der Waals surface area (Å²) in [5, 5.41) is 9.29. The van der Waals surface area contributed by atoms with Crippen LogP contribution in [0.5, 0.6) is 5.75 Å². The SMILES string of the molecule is COC(=O)Cc1cccc(O)c1Br. The van der Waals surface area contributed by atoms with Crippen LogP contribution in [0.3, 0.4) is 0 Å². The fourth-order valence-electron chi connectivity index (χ4n) is 0.930. The zero-order chi connectivity index (χ0) is 9.84. The Morgan fingerprint density at radius 1 is 1.62 bits per heavy atom. The quantitative estimate of drug-likeness (QED) is 0.809. The minimum absolute atomic E-state index is 0.126. The van der Waals surface area contributed by atoms with Crippen molar-refractivity contribution in [3.05, 3.63) is 28.2 Å². The molecule has 0 aliphatic rings. The number of phenolic OH excluding ortho intramolecular Hbond substituents is 1. The highest BCUT2D eigenvalue weighted by Crippen LogP contribution is 2.27. The molecule has 70 valence electrons. The molecule has 0 saturated carbocycles. The smallest absolute Gasteiger partial charge is 0.310 e. The van der Waals surface area contributed by atoms with E-state index < -0.39 is 0 Å². The molecule has 0 bridgehead atoms. The van der Waals surface area contributed by atoms with Gasteiger partial charge in [-0.25, -0.2) is 0 Å². The first kappa shape index (κ1) is 10.1. The van der Waals surface area contributed by atoms with E-state index in [1.807, 2.05) is 0 Å². The number of ether oxygens (including phenoxy) is 1. The Morgan fingerprint density at radius 2 is 2.31 bits per heavy atom. The molecule has 0 saturated heterocycles. The first-order valence-corrected chi connectivity index (χ1v) is 4.47. The van der Waals surface area contributed by atoms with Crippen LogP contribution in [0.25, 0.3) is 0 Å². The van der Waals surface area contributed by atoms with Gasteiger partial charge in [-0.05, 0) is 27.6 Å². The Balaban J connectivity index is 2.89. The Morgan fingerprint density at radius 3 is 2.92 bits per heavy atom. The minimum Gasteiger partial charge on any atom is -0.507 e. The van der Waals surface area contributed by atoms with Gasteiger partial charge in [-0.3, -0.25) is 4.79 Å². The number of carbonyl (C=O) groups is 1. The number of phenols is 1. The van der Waals surface area contributed by atoms with Gasteiger partial charge in [-0.1, -0.05) is 12.1 Å². The maximum atomic E-state index is 10.9. The summed E-state index contributed by atoms with van der Waals surface area (Å²) in [4.78, 5) is 10.9. The van der Waals surface area contributed by atoms with Crippen molar-refractivity contribution >= 4 is 21.9 Å². The predicted octanol–water partition coefficient (Wildman–Crippen LogP) is 1.87. The van der Waals surface area contributed by atoms with Crippen molar-refractivity contribution in [1.29, 1.82) is 0 Å². The molecule has 3 nitrogen and oxygen atoms in total. The van der Waals surface area contributed by atoms with Crippen LogP contribution in [0.15, 0.2) is 22.7 Å². The summed E-state index contributed by atoms with van der Waals surface area (Å²) < 4.78 is 5.05. The van der Waals surface area contributed by atoms with Gasteiger partial charge in [-0.2, -0.15) is 0 Å². The Kier molecular flexibility index (Phi) is 3.31. The highest BCUT2D eigenvalue weighted by molar-refractivity contribution is 9.10. The molecule has 0 heterocycles. The zero-order valence-electron chi connectivity index (χ0n) is 7.08. The number of esters is 1. The Labute approximate surface area is 84.5 Å². The van der Waals surface area contributed by atoms with Gasteiger partial charge in [0.15, 0.2) is 0 Å². The summed E-state index contributed by atoms with van der Waals surface area (Å²) in [6.07, 6.45) is 0.158.